The van der Waals surface area contributed by atoms with Gasteiger partial charge in [0.1, 0.15) is 12.3 Å². The Bertz CT molecular complexity index is 390. The largest absolute Gasteiger partial charge is 0.477 e. The van der Waals surface area contributed by atoms with E-state index in [0.29, 0.717) is 13.2 Å². The van der Waals surface area contributed by atoms with E-state index in [9.17, 15) is 9.59 Å². The zero-order valence-corrected chi connectivity index (χ0v) is 9.23. The van der Waals surface area contributed by atoms with Gasteiger partial charge >= 0.3 is 5.97 Å². The molecular weight excluding hydrogens is 230 g/mol. The predicted molar refractivity (Wildman–Crippen MR) is 56.9 cm³/mol. The summed E-state index contributed by atoms with van der Waals surface area (Å²) in [6.07, 6.45) is 0. The Balaban J connectivity index is 2.32. The Labute approximate surface area is 96.9 Å². The highest BCUT2D eigenvalue weighted by molar-refractivity contribution is 5.92. The number of carboxylic acids is 1. The number of carboxylic acid groups (broad SMARTS) is 1. The van der Waals surface area contributed by atoms with Crippen molar-refractivity contribution in [3.8, 4) is 0 Å². The van der Waals surface area contributed by atoms with E-state index in [1.807, 2.05) is 0 Å². The first-order valence-electron chi connectivity index (χ1n) is 4.78. The van der Waals surface area contributed by atoms with E-state index in [4.69, 9.17) is 14.6 Å². The van der Waals surface area contributed by atoms with Crippen LogP contribution in [0.1, 0.15) is 10.5 Å². The Morgan fingerprint density at radius 2 is 2.29 bits per heavy atom. The topological polar surface area (TPSA) is 114 Å². The highest BCUT2D eigenvalue weighted by Crippen LogP contribution is 2.04. The Morgan fingerprint density at radius 3 is 2.88 bits per heavy atom. The van der Waals surface area contributed by atoms with Gasteiger partial charge in [-0.3, -0.25) is 9.89 Å². The SMILES string of the molecule is COCCOCC(=O)Nc1cc(C(=O)O)[nH]n1. The number of amides is 1. The molecule has 3 N–H and O–H groups in total. The summed E-state index contributed by atoms with van der Waals surface area (Å²) in [5, 5.41) is 16.9. The number of hydrogen-bond acceptors (Lipinski definition) is 5. The second kappa shape index (κ2) is 6.61. The number of hydrogen-bond donors (Lipinski definition) is 3. The molecule has 0 saturated heterocycles. The molecule has 1 heterocycles. The number of methoxy groups -OCH3 is 1. The summed E-state index contributed by atoms with van der Waals surface area (Å²) < 4.78 is 9.70. The zero-order valence-electron chi connectivity index (χ0n) is 9.23. The van der Waals surface area contributed by atoms with Gasteiger partial charge in [-0.25, -0.2) is 4.79 Å². The number of H-pyrrole nitrogens is 1. The summed E-state index contributed by atoms with van der Waals surface area (Å²) in [6, 6.07) is 1.22. The van der Waals surface area contributed by atoms with Gasteiger partial charge in [-0.15, -0.1) is 0 Å². The molecule has 1 rings (SSSR count). The highest BCUT2D eigenvalue weighted by Gasteiger charge is 2.09. The van der Waals surface area contributed by atoms with Crippen LogP contribution < -0.4 is 5.32 Å². The summed E-state index contributed by atoms with van der Waals surface area (Å²) in [4.78, 5) is 21.8. The number of aromatic carboxylic acids is 1. The van der Waals surface area contributed by atoms with Crippen molar-refractivity contribution in [3.05, 3.63) is 11.8 Å². The maximum Gasteiger partial charge on any atom is 0.353 e. The van der Waals surface area contributed by atoms with Gasteiger partial charge in [-0.05, 0) is 0 Å². The maximum absolute atomic E-state index is 11.3. The van der Waals surface area contributed by atoms with Crippen LogP contribution in [0.3, 0.4) is 0 Å². The van der Waals surface area contributed by atoms with Crippen LogP contribution in [0.5, 0.6) is 0 Å². The van der Waals surface area contributed by atoms with Crippen molar-refractivity contribution in [2.24, 2.45) is 0 Å². The summed E-state index contributed by atoms with van der Waals surface area (Å²) in [5.41, 5.74) is -0.0967. The first kappa shape index (κ1) is 13.1. The second-order valence-corrected chi connectivity index (χ2v) is 3.07. The van der Waals surface area contributed by atoms with Gasteiger partial charge in [0.15, 0.2) is 5.82 Å². The molecule has 0 fully saturated rings. The van der Waals surface area contributed by atoms with Crippen molar-refractivity contribution < 1.29 is 24.2 Å². The van der Waals surface area contributed by atoms with E-state index in [1.54, 1.807) is 0 Å². The quantitative estimate of drug-likeness (QED) is 0.567. The Kier molecular flexibility index (Phi) is 5.11. The van der Waals surface area contributed by atoms with Crippen molar-refractivity contribution in [1.29, 1.82) is 0 Å². The van der Waals surface area contributed by atoms with Crippen molar-refractivity contribution in [3.63, 3.8) is 0 Å². The third-order valence-electron chi connectivity index (χ3n) is 1.74. The molecule has 0 bridgehead atoms. The first-order valence-corrected chi connectivity index (χ1v) is 4.78. The van der Waals surface area contributed by atoms with Gasteiger partial charge in [0, 0.05) is 13.2 Å². The van der Waals surface area contributed by atoms with Gasteiger partial charge in [-0.1, -0.05) is 0 Å². The highest BCUT2D eigenvalue weighted by atomic mass is 16.5. The van der Waals surface area contributed by atoms with E-state index in [2.05, 4.69) is 15.5 Å². The number of ether oxygens (including phenoxy) is 2. The lowest BCUT2D eigenvalue weighted by Crippen LogP contribution is -2.19. The van der Waals surface area contributed by atoms with Gasteiger partial charge in [0.05, 0.1) is 13.2 Å². The van der Waals surface area contributed by atoms with E-state index < -0.39 is 11.9 Å². The monoisotopic (exact) mass is 243 g/mol. The summed E-state index contributed by atoms with van der Waals surface area (Å²) in [5.74, 6) is -1.42. The molecule has 0 atom stereocenters. The average molecular weight is 243 g/mol. The van der Waals surface area contributed by atoms with Crippen LogP contribution in [-0.2, 0) is 14.3 Å². The van der Waals surface area contributed by atoms with Crippen LogP contribution in [0.25, 0.3) is 0 Å². The third kappa shape index (κ3) is 4.62. The standard InChI is InChI=1S/C9H13N3O5/c1-16-2-3-17-5-8(13)10-7-4-6(9(14)15)11-12-7/h4H,2-3,5H2,1H3,(H,14,15)(H2,10,11,12,13). The fourth-order valence-corrected chi connectivity index (χ4v) is 0.981. The smallest absolute Gasteiger partial charge is 0.353 e. The molecule has 0 aliphatic carbocycles. The van der Waals surface area contributed by atoms with Crippen LogP contribution in [-0.4, -0.2) is 54.1 Å². The normalized spacial score (nSPS) is 10.2. The van der Waals surface area contributed by atoms with Crippen LogP contribution in [0.15, 0.2) is 6.07 Å². The van der Waals surface area contributed by atoms with Crippen LogP contribution >= 0.6 is 0 Å². The Morgan fingerprint density at radius 1 is 1.53 bits per heavy atom. The number of anilines is 1. The lowest BCUT2D eigenvalue weighted by molar-refractivity contribution is -0.121. The van der Waals surface area contributed by atoms with Crippen LogP contribution in [0.2, 0.25) is 0 Å². The van der Waals surface area contributed by atoms with Gasteiger partial charge in [0.25, 0.3) is 5.91 Å². The molecule has 1 aromatic heterocycles. The molecule has 8 nitrogen and oxygen atoms in total. The van der Waals surface area contributed by atoms with Crippen molar-refractivity contribution >= 4 is 17.7 Å². The number of nitrogens with one attached hydrogen (secondary N) is 2. The average Bonchev–Trinajstić information content (AvgIpc) is 2.73. The van der Waals surface area contributed by atoms with Crippen molar-refractivity contribution in [2.75, 3.05) is 32.2 Å². The molecule has 8 heteroatoms. The van der Waals surface area contributed by atoms with Gasteiger partial charge in [-0.2, -0.15) is 5.10 Å². The molecule has 0 aliphatic heterocycles. The molecule has 0 radical (unpaired) electrons. The number of rotatable bonds is 7. The Hall–Kier alpha value is -1.93. The van der Waals surface area contributed by atoms with Crippen LogP contribution in [0.4, 0.5) is 5.82 Å². The van der Waals surface area contributed by atoms with Gasteiger partial charge < -0.3 is 19.9 Å². The molecule has 0 saturated carbocycles. The fraction of sp³-hybridized carbons (Fsp3) is 0.444. The molecule has 0 unspecified atom stereocenters. The van der Waals surface area contributed by atoms with Crippen molar-refractivity contribution in [1.82, 2.24) is 10.2 Å². The molecule has 0 spiro atoms. The molecule has 17 heavy (non-hydrogen) atoms. The maximum atomic E-state index is 11.3. The molecule has 0 aliphatic rings. The summed E-state index contributed by atoms with van der Waals surface area (Å²) >= 11 is 0. The second-order valence-electron chi connectivity index (χ2n) is 3.07. The van der Waals surface area contributed by atoms with E-state index in [1.165, 1.54) is 13.2 Å². The summed E-state index contributed by atoms with van der Waals surface area (Å²) in [7, 11) is 1.53. The molecule has 94 valence electrons. The lowest BCUT2D eigenvalue weighted by atomic mass is 10.4. The zero-order chi connectivity index (χ0) is 12.7. The van der Waals surface area contributed by atoms with E-state index in [-0.39, 0.29) is 18.1 Å². The minimum absolute atomic E-state index is 0.0967. The minimum Gasteiger partial charge on any atom is -0.477 e. The lowest BCUT2D eigenvalue weighted by Gasteiger charge is -2.02. The minimum atomic E-state index is -1.14. The predicted octanol–water partition coefficient (Wildman–Crippen LogP) is -0.291. The molecule has 1 aromatic rings. The summed E-state index contributed by atoms with van der Waals surface area (Å²) in [6.45, 7) is 0.572. The van der Waals surface area contributed by atoms with E-state index >= 15 is 0 Å². The molecule has 1 amide bonds. The van der Waals surface area contributed by atoms with E-state index in [0.717, 1.165) is 0 Å². The number of aromatic nitrogens is 2. The van der Waals surface area contributed by atoms with Crippen LogP contribution in [0, 0.1) is 0 Å². The molecular formula is C9H13N3O5. The fourth-order valence-electron chi connectivity index (χ4n) is 0.981. The number of carbonyl (C=O) groups excluding carboxylic acids is 1. The first-order chi connectivity index (χ1) is 8.13. The molecule has 0 aromatic carbocycles. The van der Waals surface area contributed by atoms with Gasteiger partial charge in [0.2, 0.25) is 0 Å². The number of aromatic amines is 1. The van der Waals surface area contributed by atoms with Crippen molar-refractivity contribution in [2.45, 2.75) is 0 Å². The third-order valence-corrected chi connectivity index (χ3v) is 1.74. The number of carbonyl (C=O) groups is 2. The number of nitrogens with zero attached hydrogens (tertiary/aromatic N) is 1.